The van der Waals surface area contributed by atoms with E-state index in [1.807, 2.05) is 17.9 Å². The molecule has 0 aliphatic carbocycles. The summed E-state index contributed by atoms with van der Waals surface area (Å²) >= 11 is 0. The first-order valence-electron chi connectivity index (χ1n) is 8.95. The van der Waals surface area contributed by atoms with Crippen molar-refractivity contribution in [3.05, 3.63) is 30.2 Å². The minimum Gasteiger partial charge on any atom is -0.490 e. The van der Waals surface area contributed by atoms with Crippen LogP contribution in [0.25, 0.3) is 0 Å². The highest BCUT2D eigenvalue weighted by molar-refractivity contribution is 5.84. The summed E-state index contributed by atoms with van der Waals surface area (Å²) in [6.07, 6.45) is 4.75. The fourth-order valence-electron chi connectivity index (χ4n) is 3.24. The molecule has 131 valence electrons. The number of carbonyl (C=O) groups is 1. The Kier molecular flexibility index (Phi) is 5.96. The Morgan fingerprint density at radius 3 is 2.62 bits per heavy atom. The van der Waals surface area contributed by atoms with Gasteiger partial charge in [0.15, 0.2) is 11.5 Å². The van der Waals surface area contributed by atoms with Gasteiger partial charge in [0.05, 0.1) is 13.2 Å². The molecule has 0 aromatic heterocycles. The number of aryl methyl sites for hydroxylation is 1. The van der Waals surface area contributed by atoms with E-state index in [1.165, 1.54) is 5.56 Å². The molecule has 1 aromatic carbocycles. The average molecular weight is 331 g/mol. The molecule has 1 amide bonds. The highest BCUT2D eigenvalue weighted by Crippen LogP contribution is 2.30. The molecule has 5 heteroatoms. The second kappa shape index (κ2) is 8.38. The SMILES string of the molecule is C[CH]C(=O)N1CCN(CCCc2ccc3c(c2)OCCCO3)CC1. The van der Waals surface area contributed by atoms with Crippen molar-refractivity contribution in [1.29, 1.82) is 0 Å². The van der Waals surface area contributed by atoms with Crippen LogP contribution in [0, 0.1) is 6.42 Å². The number of benzene rings is 1. The van der Waals surface area contributed by atoms with Crippen molar-refractivity contribution in [3.8, 4) is 11.5 Å². The van der Waals surface area contributed by atoms with Crippen LogP contribution in [0.2, 0.25) is 0 Å². The van der Waals surface area contributed by atoms with E-state index in [0.717, 1.165) is 76.7 Å². The van der Waals surface area contributed by atoms with E-state index in [-0.39, 0.29) is 5.91 Å². The Hall–Kier alpha value is -1.75. The van der Waals surface area contributed by atoms with Crippen molar-refractivity contribution < 1.29 is 14.3 Å². The molecule has 0 spiro atoms. The minimum absolute atomic E-state index is 0.154. The van der Waals surface area contributed by atoms with Crippen LogP contribution in [0.4, 0.5) is 0 Å². The molecule has 2 heterocycles. The van der Waals surface area contributed by atoms with Crippen LogP contribution in [0.1, 0.15) is 25.3 Å². The Morgan fingerprint density at radius 2 is 1.88 bits per heavy atom. The predicted molar refractivity (Wildman–Crippen MR) is 93.4 cm³/mol. The molecule has 0 saturated carbocycles. The Balaban J connectivity index is 1.42. The lowest BCUT2D eigenvalue weighted by atomic mass is 10.1. The van der Waals surface area contributed by atoms with E-state index in [9.17, 15) is 4.79 Å². The lowest BCUT2D eigenvalue weighted by molar-refractivity contribution is -0.129. The number of carbonyl (C=O) groups excluding carboxylic acids is 1. The van der Waals surface area contributed by atoms with Crippen LogP contribution >= 0.6 is 0 Å². The second-order valence-corrected chi connectivity index (χ2v) is 6.39. The fourth-order valence-corrected chi connectivity index (χ4v) is 3.24. The highest BCUT2D eigenvalue weighted by atomic mass is 16.5. The molecule has 1 fully saturated rings. The zero-order chi connectivity index (χ0) is 16.8. The normalized spacial score (nSPS) is 18.3. The fraction of sp³-hybridized carbons (Fsp3) is 0.579. The van der Waals surface area contributed by atoms with Crippen molar-refractivity contribution >= 4 is 5.91 Å². The summed E-state index contributed by atoms with van der Waals surface area (Å²) in [5, 5.41) is 0. The average Bonchev–Trinajstić information content (AvgIpc) is 2.86. The van der Waals surface area contributed by atoms with E-state index < -0.39 is 0 Å². The number of piperazine rings is 1. The predicted octanol–water partition coefficient (Wildman–Crippen LogP) is 2.15. The third-order valence-electron chi connectivity index (χ3n) is 4.68. The van der Waals surface area contributed by atoms with Crippen LogP contribution in [-0.2, 0) is 11.2 Å². The van der Waals surface area contributed by atoms with Crippen LogP contribution < -0.4 is 9.47 Å². The number of fused-ring (bicyclic) bond motifs is 1. The van der Waals surface area contributed by atoms with Gasteiger partial charge in [-0.15, -0.1) is 0 Å². The Bertz CT molecular complexity index is 554. The zero-order valence-electron chi connectivity index (χ0n) is 14.5. The number of nitrogens with zero attached hydrogens (tertiary/aromatic N) is 2. The molecular formula is C19H27N2O3. The van der Waals surface area contributed by atoms with Gasteiger partial charge in [0, 0.05) is 39.0 Å². The number of hydrogen-bond acceptors (Lipinski definition) is 4. The molecule has 2 aliphatic rings. The molecule has 1 saturated heterocycles. The maximum atomic E-state index is 11.6. The van der Waals surface area contributed by atoms with Gasteiger partial charge in [0.2, 0.25) is 5.91 Å². The quantitative estimate of drug-likeness (QED) is 0.829. The van der Waals surface area contributed by atoms with Crippen molar-refractivity contribution in [2.24, 2.45) is 0 Å². The molecule has 0 N–H and O–H groups in total. The van der Waals surface area contributed by atoms with Gasteiger partial charge in [-0.1, -0.05) is 13.0 Å². The van der Waals surface area contributed by atoms with E-state index in [2.05, 4.69) is 17.0 Å². The minimum atomic E-state index is 0.154. The first-order chi connectivity index (χ1) is 11.8. The van der Waals surface area contributed by atoms with Gasteiger partial charge >= 0.3 is 0 Å². The van der Waals surface area contributed by atoms with Crippen molar-refractivity contribution in [2.45, 2.75) is 26.2 Å². The number of ether oxygens (including phenoxy) is 2. The molecule has 2 aliphatic heterocycles. The smallest absolute Gasteiger partial charge is 0.226 e. The van der Waals surface area contributed by atoms with Gasteiger partial charge in [-0.2, -0.15) is 0 Å². The lowest BCUT2D eigenvalue weighted by Crippen LogP contribution is -2.48. The monoisotopic (exact) mass is 331 g/mol. The van der Waals surface area contributed by atoms with Gasteiger partial charge in [0.25, 0.3) is 0 Å². The summed E-state index contributed by atoms with van der Waals surface area (Å²) in [5.74, 6) is 1.90. The van der Waals surface area contributed by atoms with Gasteiger partial charge in [-0.3, -0.25) is 9.69 Å². The molecular weight excluding hydrogens is 304 g/mol. The molecule has 0 bridgehead atoms. The Labute approximate surface area is 144 Å². The molecule has 3 rings (SSSR count). The third kappa shape index (κ3) is 4.41. The third-order valence-corrected chi connectivity index (χ3v) is 4.68. The van der Waals surface area contributed by atoms with E-state index in [0.29, 0.717) is 0 Å². The van der Waals surface area contributed by atoms with Crippen LogP contribution in [0.5, 0.6) is 11.5 Å². The van der Waals surface area contributed by atoms with Gasteiger partial charge < -0.3 is 14.4 Å². The van der Waals surface area contributed by atoms with E-state index >= 15 is 0 Å². The summed E-state index contributed by atoms with van der Waals surface area (Å²) < 4.78 is 11.4. The number of amides is 1. The summed E-state index contributed by atoms with van der Waals surface area (Å²) in [6.45, 7) is 7.98. The maximum Gasteiger partial charge on any atom is 0.226 e. The molecule has 24 heavy (non-hydrogen) atoms. The van der Waals surface area contributed by atoms with Gasteiger partial charge in [-0.05, 0) is 37.1 Å². The first-order valence-corrected chi connectivity index (χ1v) is 8.95. The standard InChI is InChI=1S/C19H27N2O3/c1-2-19(22)21-11-9-20(10-12-21)8-3-5-16-6-7-17-18(15-16)24-14-4-13-23-17/h2,6-7,15H,3-5,8-14H2,1H3. The van der Waals surface area contributed by atoms with Crippen LogP contribution in [0.3, 0.4) is 0 Å². The van der Waals surface area contributed by atoms with Crippen molar-refractivity contribution in [3.63, 3.8) is 0 Å². The molecule has 0 unspecified atom stereocenters. The summed E-state index contributed by atoms with van der Waals surface area (Å²) in [7, 11) is 0. The lowest BCUT2D eigenvalue weighted by Gasteiger charge is -2.34. The van der Waals surface area contributed by atoms with Crippen LogP contribution in [-0.4, -0.2) is 61.6 Å². The van der Waals surface area contributed by atoms with Crippen LogP contribution in [0.15, 0.2) is 18.2 Å². The summed E-state index contributed by atoms with van der Waals surface area (Å²) in [6, 6.07) is 6.29. The first kappa shape index (κ1) is 17.1. The van der Waals surface area contributed by atoms with Crippen molar-refractivity contribution in [2.75, 3.05) is 45.9 Å². The summed E-state index contributed by atoms with van der Waals surface area (Å²) in [4.78, 5) is 16.0. The van der Waals surface area contributed by atoms with Gasteiger partial charge in [0.1, 0.15) is 0 Å². The summed E-state index contributed by atoms with van der Waals surface area (Å²) in [5.41, 5.74) is 1.30. The van der Waals surface area contributed by atoms with E-state index in [1.54, 1.807) is 6.42 Å². The maximum absolute atomic E-state index is 11.6. The van der Waals surface area contributed by atoms with Gasteiger partial charge in [-0.25, -0.2) is 0 Å². The highest BCUT2D eigenvalue weighted by Gasteiger charge is 2.19. The molecule has 0 atom stereocenters. The zero-order valence-corrected chi connectivity index (χ0v) is 14.5. The number of rotatable bonds is 5. The largest absolute Gasteiger partial charge is 0.490 e. The number of hydrogen-bond donors (Lipinski definition) is 0. The van der Waals surface area contributed by atoms with Crippen molar-refractivity contribution in [1.82, 2.24) is 9.80 Å². The second-order valence-electron chi connectivity index (χ2n) is 6.39. The molecule has 1 aromatic rings. The molecule has 5 nitrogen and oxygen atoms in total. The molecule has 1 radical (unpaired) electrons. The van der Waals surface area contributed by atoms with E-state index in [4.69, 9.17) is 9.47 Å². The topological polar surface area (TPSA) is 42.0 Å². The Morgan fingerprint density at radius 1 is 1.12 bits per heavy atom.